The number of rotatable bonds is 7. The zero-order valence-corrected chi connectivity index (χ0v) is 20.5. The van der Waals surface area contributed by atoms with E-state index in [0.29, 0.717) is 26.3 Å². The number of fused-ring (bicyclic) bond motifs is 1. The van der Waals surface area contributed by atoms with Crippen molar-refractivity contribution in [2.45, 2.75) is 19.5 Å². The molecule has 2 aromatic rings. The van der Waals surface area contributed by atoms with Crippen molar-refractivity contribution in [1.29, 1.82) is 0 Å². The molecule has 2 heterocycles. The molecule has 0 saturated carbocycles. The molecule has 4 rings (SSSR count). The maximum absolute atomic E-state index is 13.9. The van der Waals surface area contributed by atoms with Crippen LogP contribution in [0.4, 0.5) is 4.39 Å². The molecule has 0 aromatic heterocycles. The van der Waals surface area contributed by atoms with Gasteiger partial charge >= 0.3 is 0 Å². The van der Waals surface area contributed by atoms with Crippen LogP contribution in [0.2, 0.25) is 0 Å². The molecule has 9 heteroatoms. The van der Waals surface area contributed by atoms with E-state index in [0.717, 1.165) is 48.2 Å². The molecule has 1 unspecified atom stereocenters. The van der Waals surface area contributed by atoms with Gasteiger partial charge in [0.2, 0.25) is 6.79 Å². The molecular formula is C23H30FIN4O3. The zero-order valence-electron chi connectivity index (χ0n) is 18.2. The Morgan fingerprint density at radius 2 is 1.91 bits per heavy atom. The second-order valence-corrected chi connectivity index (χ2v) is 7.48. The first kappa shape index (κ1) is 24.5. The number of halogens is 2. The van der Waals surface area contributed by atoms with E-state index in [2.05, 4.69) is 15.5 Å². The predicted molar refractivity (Wildman–Crippen MR) is 132 cm³/mol. The van der Waals surface area contributed by atoms with Gasteiger partial charge in [0.25, 0.3) is 0 Å². The third-order valence-corrected chi connectivity index (χ3v) is 5.38. The van der Waals surface area contributed by atoms with Crippen LogP contribution >= 0.6 is 24.0 Å². The Hall–Kier alpha value is -2.11. The van der Waals surface area contributed by atoms with Crippen LogP contribution in [0.15, 0.2) is 47.5 Å². The van der Waals surface area contributed by atoms with Gasteiger partial charge in [0.15, 0.2) is 17.5 Å². The highest BCUT2D eigenvalue weighted by molar-refractivity contribution is 14.0. The largest absolute Gasteiger partial charge is 0.454 e. The van der Waals surface area contributed by atoms with E-state index >= 15 is 0 Å². The summed E-state index contributed by atoms with van der Waals surface area (Å²) < 4.78 is 30.2. The average Bonchev–Trinajstić information content (AvgIpc) is 3.26. The first-order valence-electron chi connectivity index (χ1n) is 10.7. The van der Waals surface area contributed by atoms with Crippen molar-refractivity contribution < 1.29 is 18.6 Å². The van der Waals surface area contributed by atoms with Crippen LogP contribution in [-0.4, -0.2) is 57.0 Å². The summed E-state index contributed by atoms with van der Waals surface area (Å²) in [6.07, 6.45) is 0. The second kappa shape index (κ2) is 12.2. The first-order valence-corrected chi connectivity index (χ1v) is 10.7. The molecule has 32 heavy (non-hydrogen) atoms. The molecule has 0 radical (unpaired) electrons. The summed E-state index contributed by atoms with van der Waals surface area (Å²) in [6, 6.07) is 12.7. The van der Waals surface area contributed by atoms with Crippen molar-refractivity contribution in [2.24, 2.45) is 4.99 Å². The van der Waals surface area contributed by atoms with E-state index in [1.165, 1.54) is 6.07 Å². The van der Waals surface area contributed by atoms with Gasteiger partial charge in [0.05, 0.1) is 25.8 Å². The third kappa shape index (κ3) is 6.46. The van der Waals surface area contributed by atoms with Gasteiger partial charge in [-0.05, 0) is 42.3 Å². The zero-order chi connectivity index (χ0) is 21.5. The highest BCUT2D eigenvalue weighted by Crippen LogP contribution is 2.32. The van der Waals surface area contributed by atoms with Gasteiger partial charge in [0.1, 0.15) is 5.82 Å². The first-order chi connectivity index (χ1) is 15.2. The van der Waals surface area contributed by atoms with Gasteiger partial charge in [0, 0.05) is 26.2 Å². The molecule has 2 N–H and O–H groups in total. The van der Waals surface area contributed by atoms with Crippen molar-refractivity contribution in [3.05, 3.63) is 59.4 Å². The molecule has 2 aliphatic heterocycles. The van der Waals surface area contributed by atoms with Crippen molar-refractivity contribution in [3.8, 4) is 11.5 Å². The number of hydrogen-bond donors (Lipinski definition) is 2. The van der Waals surface area contributed by atoms with Gasteiger partial charge in [-0.1, -0.05) is 18.2 Å². The minimum Gasteiger partial charge on any atom is -0.454 e. The SMILES string of the molecule is CCNC(=NCc1ccc2c(c1)OCO2)NCC(c1cccc(F)c1)N1CCOCC1.I. The van der Waals surface area contributed by atoms with E-state index in [1.807, 2.05) is 31.2 Å². The van der Waals surface area contributed by atoms with Gasteiger partial charge in [-0.3, -0.25) is 4.90 Å². The monoisotopic (exact) mass is 556 g/mol. The highest BCUT2D eigenvalue weighted by atomic mass is 127. The number of aliphatic imine (C=N–C) groups is 1. The lowest BCUT2D eigenvalue weighted by atomic mass is 10.0. The van der Waals surface area contributed by atoms with Crippen LogP contribution in [0.1, 0.15) is 24.1 Å². The minimum atomic E-state index is -0.223. The Bertz CT molecular complexity index is 909. The van der Waals surface area contributed by atoms with Crippen molar-refractivity contribution in [2.75, 3.05) is 46.2 Å². The van der Waals surface area contributed by atoms with Crippen molar-refractivity contribution >= 4 is 29.9 Å². The number of ether oxygens (including phenoxy) is 3. The molecule has 0 aliphatic carbocycles. The molecule has 1 fully saturated rings. The fraction of sp³-hybridized carbons (Fsp3) is 0.435. The second-order valence-electron chi connectivity index (χ2n) is 7.48. The Morgan fingerprint density at radius 3 is 2.69 bits per heavy atom. The molecule has 1 atom stereocenters. The van der Waals surface area contributed by atoms with Gasteiger partial charge in [-0.2, -0.15) is 0 Å². The molecular weight excluding hydrogens is 526 g/mol. The number of morpholine rings is 1. The van der Waals surface area contributed by atoms with Crippen LogP contribution < -0.4 is 20.1 Å². The minimum absolute atomic E-state index is 0. The lowest BCUT2D eigenvalue weighted by Gasteiger charge is -2.35. The standard InChI is InChI=1S/C23H29FN4O3.HI/c1-2-25-23(26-14-17-6-7-21-22(12-17)31-16-30-21)27-15-20(28-8-10-29-11-9-28)18-4-3-5-19(24)13-18;/h3-7,12-13,20H,2,8-11,14-16H2,1H3,(H2,25,26,27);1H. The Labute approximate surface area is 205 Å². The van der Waals surface area contributed by atoms with Gasteiger partial charge < -0.3 is 24.8 Å². The normalized spacial score (nSPS) is 16.9. The highest BCUT2D eigenvalue weighted by Gasteiger charge is 2.23. The van der Waals surface area contributed by atoms with E-state index in [-0.39, 0.29) is 42.6 Å². The fourth-order valence-corrected chi connectivity index (χ4v) is 3.81. The number of nitrogens with zero attached hydrogens (tertiary/aromatic N) is 2. The Morgan fingerprint density at radius 1 is 1.09 bits per heavy atom. The molecule has 2 aromatic carbocycles. The third-order valence-electron chi connectivity index (χ3n) is 5.38. The fourth-order valence-electron chi connectivity index (χ4n) is 3.81. The summed E-state index contributed by atoms with van der Waals surface area (Å²) >= 11 is 0. The molecule has 1 saturated heterocycles. The van der Waals surface area contributed by atoms with Crippen LogP contribution in [0.3, 0.4) is 0 Å². The van der Waals surface area contributed by atoms with Crippen LogP contribution in [-0.2, 0) is 11.3 Å². The van der Waals surface area contributed by atoms with Crippen molar-refractivity contribution in [3.63, 3.8) is 0 Å². The molecule has 174 valence electrons. The van der Waals surface area contributed by atoms with Gasteiger partial charge in [-0.25, -0.2) is 9.38 Å². The molecule has 2 aliphatic rings. The van der Waals surface area contributed by atoms with E-state index in [4.69, 9.17) is 19.2 Å². The number of benzene rings is 2. The van der Waals surface area contributed by atoms with Crippen molar-refractivity contribution in [1.82, 2.24) is 15.5 Å². The lowest BCUT2D eigenvalue weighted by molar-refractivity contribution is 0.0169. The van der Waals surface area contributed by atoms with E-state index in [1.54, 1.807) is 12.1 Å². The number of nitrogens with one attached hydrogen (secondary N) is 2. The Kier molecular flexibility index (Phi) is 9.36. The van der Waals surface area contributed by atoms with Gasteiger partial charge in [-0.15, -0.1) is 24.0 Å². The molecule has 7 nitrogen and oxygen atoms in total. The molecule has 0 amide bonds. The smallest absolute Gasteiger partial charge is 0.231 e. The summed E-state index contributed by atoms with van der Waals surface area (Å²) in [5.74, 6) is 2.01. The number of guanidine groups is 1. The van der Waals surface area contributed by atoms with Crippen LogP contribution in [0.25, 0.3) is 0 Å². The Balaban J connectivity index is 0.00000289. The molecule has 0 bridgehead atoms. The summed E-state index contributed by atoms with van der Waals surface area (Å²) in [7, 11) is 0. The van der Waals surface area contributed by atoms with E-state index in [9.17, 15) is 4.39 Å². The maximum atomic E-state index is 13.9. The lowest BCUT2D eigenvalue weighted by Crippen LogP contribution is -2.46. The van der Waals surface area contributed by atoms with Crippen LogP contribution in [0, 0.1) is 5.82 Å². The summed E-state index contributed by atoms with van der Waals surface area (Å²) in [5, 5.41) is 6.73. The van der Waals surface area contributed by atoms with E-state index < -0.39 is 0 Å². The number of hydrogen-bond acceptors (Lipinski definition) is 5. The predicted octanol–water partition coefficient (Wildman–Crippen LogP) is 3.30. The summed E-state index contributed by atoms with van der Waals surface area (Å²) in [5.41, 5.74) is 1.98. The molecule has 0 spiro atoms. The van der Waals surface area contributed by atoms with Crippen LogP contribution in [0.5, 0.6) is 11.5 Å². The quantitative estimate of drug-likeness (QED) is 0.310. The topological polar surface area (TPSA) is 67.4 Å². The average molecular weight is 556 g/mol. The maximum Gasteiger partial charge on any atom is 0.231 e. The summed E-state index contributed by atoms with van der Waals surface area (Å²) in [4.78, 5) is 7.04. The summed E-state index contributed by atoms with van der Waals surface area (Å²) in [6.45, 7) is 7.15.